The smallest absolute Gasteiger partial charge is 0.141 e. The first-order valence-corrected chi connectivity index (χ1v) is 18.2. The Bertz CT molecular complexity index is 1200. The highest BCUT2D eigenvalue weighted by molar-refractivity contribution is 6.30. The topological polar surface area (TPSA) is 20.2 Å². The Morgan fingerprint density at radius 1 is 0.512 bits per heavy atom. The van der Waals surface area contributed by atoms with Gasteiger partial charge in [0.1, 0.15) is 5.60 Å². The largest absolute Gasteiger partial charge is 0.376 e. The van der Waals surface area contributed by atoms with Gasteiger partial charge in [-0.2, -0.15) is 0 Å². The molecular weight excluding hydrogens is 544 g/mol. The number of aliphatic hydroxyl groups is 1. The quantitative estimate of drug-likeness (QED) is 0.114. The molecule has 0 heterocycles. The van der Waals surface area contributed by atoms with Crippen molar-refractivity contribution < 1.29 is 5.11 Å². The van der Waals surface area contributed by atoms with E-state index in [-0.39, 0.29) is 0 Å². The minimum absolute atomic E-state index is 0.687. The molecule has 0 bridgehead atoms. The summed E-state index contributed by atoms with van der Waals surface area (Å²) < 4.78 is 0. The van der Waals surface area contributed by atoms with E-state index >= 15 is 0 Å². The van der Waals surface area contributed by atoms with Crippen molar-refractivity contribution in [2.75, 3.05) is 0 Å². The lowest BCUT2D eigenvalue weighted by molar-refractivity contribution is 0.130. The van der Waals surface area contributed by atoms with Gasteiger partial charge < -0.3 is 5.11 Å². The van der Waals surface area contributed by atoms with Gasteiger partial charge in [-0.25, -0.2) is 0 Å². The number of halogens is 1. The van der Waals surface area contributed by atoms with Crippen molar-refractivity contribution in [3.05, 3.63) is 94.0 Å². The molecule has 0 fully saturated rings. The van der Waals surface area contributed by atoms with E-state index in [0.29, 0.717) is 5.02 Å². The Morgan fingerprint density at radius 2 is 0.977 bits per heavy atom. The number of unbranched alkanes of at least 4 members (excludes halogenated alkanes) is 19. The fourth-order valence-corrected chi connectivity index (χ4v) is 7.17. The molecule has 4 rings (SSSR count). The molecule has 1 atom stereocenters. The van der Waals surface area contributed by atoms with E-state index in [1.54, 1.807) is 0 Å². The highest BCUT2D eigenvalue weighted by Crippen LogP contribution is 2.51. The number of aryl methyl sites for hydroxylation is 1. The summed E-state index contributed by atoms with van der Waals surface area (Å²) in [5, 5.41) is 12.9. The third kappa shape index (κ3) is 9.95. The lowest BCUT2D eigenvalue weighted by Gasteiger charge is -2.27. The van der Waals surface area contributed by atoms with Gasteiger partial charge in [0.2, 0.25) is 0 Å². The molecule has 234 valence electrons. The van der Waals surface area contributed by atoms with Gasteiger partial charge in [0.15, 0.2) is 0 Å². The first-order chi connectivity index (χ1) is 21.1. The minimum atomic E-state index is -1.14. The van der Waals surface area contributed by atoms with Crippen LogP contribution < -0.4 is 0 Å². The lowest BCUT2D eigenvalue weighted by atomic mass is 9.83. The molecule has 0 radical (unpaired) electrons. The zero-order chi connectivity index (χ0) is 30.2. The van der Waals surface area contributed by atoms with Crippen molar-refractivity contribution in [2.45, 2.75) is 147 Å². The zero-order valence-electron chi connectivity index (χ0n) is 27.0. The van der Waals surface area contributed by atoms with Crippen LogP contribution in [0.15, 0.2) is 66.7 Å². The standard InChI is InChI=1S/C41H57ClO/c1-2-3-4-5-6-7-8-9-10-11-12-13-14-15-16-17-18-19-20-21-24-34-27-32-38-37-25-22-23-26-39(37)41(43,40(38)33-34)35-28-30-36(42)31-29-35/h22-23,25-33,43H,2-21,24H2,1H3. The Kier molecular flexibility index (Phi) is 14.7. The van der Waals surface area contributed by atoms with Crippen LogP contribution in [0, 0.1) is 0 Å². The van der Waals surface area contributed by atoms with Gasteiger partial charge in [0.05, 0.1) is 0 Å². The molecule has 0 saturated carbocycles. The predicted molar refractivity (Wildman–Crippen MR) is 187 cm³/mol. The molecule has 1 aliphatic rings. The number of rotatable bonds is 22. The van der Waals surface area contributed by atoms with Crippen LogP contribution in [0.3, 0.4) is 0 Å². The van der Waals surface area contributed by atoms with E-state index in [1.165, 1.54) is 134 Å². The second kappa shape index (κ2) is 18.7. The molecule has 43 heavy (non-hydrogen) atoms. The van der Waals surface area contributed by atoms with Crippen LogP contribution in [0.25, 0.3) is 11.1 Å². The van der Waals surface area contributed by atoms with Gasteiger partial charge >= 0.3 is 0 Å². The highest BCUT2D eigenvalue weighted by Gasteiger charge is 2.43. The minimum Gasteiger partial charge on any atom is -0.376 e. The van der Waals surface area contributed by atoms with Crippen LogP contribution in [0.1, 0.15) is 158 Å². The summed E-state index contributed by atoms with van der Waals surface area (Å²) in [6, 6.07) is 22.7. The number of benzene rings is 3. The normalized spacial score (nSPS) is 15.5. The van der Waals surface area contributed by atoms with Crippen LogP contribution in [0.5, 0.6) is 0 Å². The van der Waals surface area contributed by atoms with Gasteiger partial charge in [-0.1, -0.05) is 195 Å². The average molecular weight is 601 g/mol. The number of fused-ring (bicyclic) bond motifs is 3. The Morgan fingerprint density at radius 3 is 1.51 bits per heavy atom. The molecule has 1 unspecified atom stereocenters. The van der Waals surface area contributed by atoms with Crippen molar-refractivity contribution in [1.29, 1.82) is 0 Å². The van der Waals surface area contributed by atoms with Gasteiger partial charge in [-0.05, 0) is 47.2 Å². The average Bonchev–Trinajstić information content (AvgIpc) is 3.29. The molecule has 0 aromatic heterocycles. The van der Waals surface area contributed by atoms with Crippen molar-refractivity contribution in [3.63, 3.8) is 0 Å². The molecule has 3 aromatic rings. The summed E-state index contributed by atoms with van der Waals surface area (Å²) in [6.45, 7) is 2.30. The van der Waals surface area contributed by atoms with Gasteiger partial charge in [-0.3, -0.25) is 0 Å². The van der Waals surface area contributed by atoms with E-state index in [9.17, 15) is 5.11 Å². The monoisotopic (exact) mass is 600 g/mol. The first-order valence-electron chi connectivity index (χ1n) is 17.9. The predicted octanol–water partition coefficient (Wildman–Crippen LogP) is 13.0. The van der Waals surface area contributed by atoms with Gasteiger partial charge in [0, 0.05) is 16.1 Å². The fourth-order valence-electron chi connectivity index (χ4n) is 7.05. The fraction of sp³-hybridized carbons (Fsp3) is 0.561. The van der Waals surface area contributed by atoms with Gasteiger partial charge in [-0.15, -0.1) is 0 Å². The number of hydrogen-bond donors (Lipinski definition) is 1. The molecule has 1 N–H and O–H groups in total. The van der Waals surface area contributed by atoms with E-state index in [0.717, 1.165) is 34.2 Å². The van der Waals surface area contributed by atoms with Crippen molar-refractivity contribution in [1.82, 2.24) is 0 Å². The SMILES string of the molecule is CCCCCCCCCCCCCCCCCCCCCCc1ccc2c(c1)C(O)(c1ccc(Cl)cc1)c1ccccc1-2. The Labute approximate surface area is 268 Å². The van der Waals surface area contributed by atoms with Crippen LogP contribution in [-0.2, 0) is 12.0 Å². The van der Waals surface area contributed by atoms with Crippen LogP contribution in [-0.4, -0.2) is 5.11 Å². The second-order valence-electron chi connectivity index (χ2n) is 13.1. The summed E-state index contributed by atoms with van der Waals surface area (Å²) in [6.07, 6.45) is 29.2. The second-order valence-corrected chi connectivity index (χ2v) is 13.5. The first kappa shape index (κ1) is 33.8. The molecule has 0 aliphatic heterocycles. The summed E-state index contributed by atoms with van der Waals surface area (Å²) in [7, 11) is 0. The third-order valence-electron chi connectivity index (χ3n) is 9.66. The maximum Gasteiger partial charge on any atom is 0.141 e. The van der Waals surface area contributed by atoms with E-state index in [1.807, 2.05) is 30.3 Å². The summed E-state index contributed by atoms with van der Waals surface area (Å²) in [4.78, 5) is 0. The molecule has 0 spiro atoms. The van der Waals surface area contributed by atoms with Crippen molar-refractivity contribution in [3.8, 4) is 11.1 Å². The van der Waals surface area contributed by atoms with Crippen molar-refractivity contribution >= 4 is 11.6 Å². The summed E-state index contributed by atoms with van der Waals surface area (Å²) >= 11 is 6.18. The van der Waals surface area contributed by atoms with E-state index in [4.69, 9.17) is 11.6 Å². The van der Waals surface area contributed by atoms with Crippen LogP contribution in [0.2, 0.25) is 5.02 Å². The molecule has 0 amide bonds. The third-order valence-corrected chi connectivity index (χ3v) is 9.91. The van der Waals surface area contributed by atoms with E-state index in [2.05, 4.69) is 43.3 Å². The zero-order valence-corrected chi connectivity index (χ0v) is 27.8. The maximum atomic E-state index is 12.2. The molecular formula is C41H57ClO. The highest BCUT2D eigenvalue weighted by atomic mass is 35.5. The van der Waals surface area contributed by atoms with Crippen molar-refractivity contribution in [2.24, 2.45) is 0 Å². The summed E-state index contributed by atoms with van der Waals surface area (Å²) in [5.74, 6) is 0. The molecule has 3 aromatic carbocycles. The number of hydrogen-bond acceptors (Lipinski definition) is 1. The molecule has 1 nitrogen and oxygen atoms in total. The molecule has 2 heteroatoms. The Balaban J connectivity index is 1.06. The molecule has 0 saturated heterocycles. The van der Waals surface area contributed by atoms with E-state index < -0.39 is 5.60 Å². The summed E-state index contributed by atoms with van der Waals surface area (Å²) in [5.41, 5.74) is 5.28. The lowest BCUT2D eigenvalue weighted by Crippen LogP contribution is -2.26. The molecule has 1 aliphatic carbocycles. The van der Waals surface area contributed by atoms with Crippen LogP contribution >= 0.6 is 11.6 Å². The van der Waals surface area contributed by atoms with Gasteiger partial charge in [0.25, 0.3) is 0 Å². The maximum absolute atomic E-state index is 12.2. The Hall–Kier alpha value is -2.09. The van der Waals surface area contributed by atoms with Crippen LogP contribution in [0.4, 0.5) is 0 Å².